The summed E-state index contributed by atoms with van der Waals surface area (Å²) in [6.45, 7) is 6.86. The van der Waals surface area contributed by atoms with Crippen LogP contribution in [0.3, 0.4) is 0 Å². The van der Waals surface area contributed by atoms with Gasteiger partial charge >= 0.3 is 0 Å². The Balaban J connectivity index is 1.90. The van der Waals surface area contributed by atoms with Crippen molar-refractivity contribution in [2.45, 2.75) is 52.4 Å². The summed E-state index contributed by atoms with van der Waals surface area (Å²) in [7, 11) is 0. The fourth-order valence-electron chi connectivity index (χ4n) is 2.75. The molecule has 1 aromatic carbocycles. The Kier molecular flexibility index (Phi) is 8.85. The summed E-state index contributed by atoms with van der Waals surface area (Å²) in [4.78, 5) is 19.2. The highest BCUT2D eigenvalue weighted by molar-refractivity contribution is 9.10. The molecule has 0 saturated carbocycles. The predicted octanol–water partition coefficient (Wildman–Crippen LogP) is 5.68. The zero-order chi connectivity index (χ0) is 18.1. The first-order chi connectivity index (χ1) is 12.1. The van der Waals surface area contributed by atoms with Crippen molar-refractivity contribution in [3.63, 3.8) is 0 Å². The number of hydrogen-bond acceptors (Lipinski definition) is 4. The molecule has 4 nitrogen and oxygen atoms in total. The molecule has 6 heteroatoms. The van der Waals surface area contributed by atoms with Crippen molar-refractivity contribution in [1.29, 1.82) is 0 Å². The minimum atomic E-state index is 0.0334. The number of carbonyl (C=O) groups excluding carboxylic acids is 1. The van der Waals surface area contributed by atoms with Gasteiger partial charge in [-0.1, -0.05) is 66.8 Å². The number of halogens is 1. The van der Waals surface area contributed by atoms with Gasteiger partial charge in [0.1, 0.15) is 0 Å². The van der Waals surface area contributed by atoms with E-state index in [1.165, 1.54) is 37.0 Å². The fourth-order valence-corrected chi connectivity index (χ4v) is 4.19. The number of hydrogen-bond donors (Lipinski definition) is 1. The largest absolute Gasteiger partial charge is 0.301 e. The molecule has 0 aliphatic rings. The summed E-state index contributed by atoms with van der Waals surface area (Å²) in [5.74, 6) is 0.0334. The van der Waals surface area contributed by atoms with E-state index in [1.54, 1.807) is 0 Å². The Morgan fingerprint density at radius 2 is 1.84 bits per heavy atom. The zero-order valence-corrected chi connectivity index (χ0v) is 17.6. The van der Waals surface area contributed by atoms with Crippen LogP contribution in [0.25, 0.3) is 10.2 Å². The van der Waals surface area contributed by atoms with E-state index in [1.807, 2.05) is 18.2 Å². The molecule has 0 bridgehead atoms. The van der Waals surface area contributed by atoms with Gasteiger partial charge < -0.3 is 5.32 Å². The van der Waals surface area contributed by atoms with Crippen LogP contribution in [0.1, 0.15) is 52.4 Å². The highest BCUT2D eigenvalue weighted by atomic mass is 79.9. The number of benzene rings is 1. The van der Waals surface area contributed by atoms with E-state index < -0.39 is 0 Å². The van der Waals surface area contributed by atoms with Gasteiger partial charge in [0, 0.05) is 4.47 Å². The van der Waals surface area contributed by atoms with Crippen LogP contribution >= 0.6 is 27.3 Å². The SMILES string of the molecule is CCCCCN(CCCCC)CC(=O)Nc1nc2ccc(Br)cc2s1. The van der Waals surface area contributed by atoms with Gasteiger partial charge in [0.2, 0.25) is 5.91 Å². The average Bonchev–Trinajstić information content (AvgIpc) is 2.96. The Morgan fingerprint density at radius 3 is 2.48 bits per heavy atom. The smallest absolute Gasteiger partial charge is 0.240 e. The molecule has 0 atom stereocenters. The van der Waals surface area contributed by atoms with Crippen molar-refractivity contribution in [3.05, 3.63) is 22.7 Å². The summed E-state index contributed by atoms with van der Waals surface area (Å²) >= 11 is 4.99. The lowest BCUT2D eigenvalue weighted by molar-refractivity contribution is -0.117. The molecule has 25 heavy (non-hydrogen) atoms. The molecule has 0 radical (unpaired) electrons. The summed E-state index contributed by atoms with van der Waals surface area (Å²) < 4.78 is 2.10. The van der Waals surface area contributed by atoms with Crippen LogP contribution in [0, 0.1) is 0 Å². The van der Waals surface area contributed by atoms with E-state index in [9.17, 15) is 4.79 Å². The maximum atomic E-state index is 12.4. The van der Waals surface area contributed by atoms with Gasteiger partial charge in [-0.3, -0.25) is 9.69 Å². The quantitative estimate of drug-likeness (QED) is 0.470. The number of nitrogens with zero attached hydrogens (tertiary/aromatic N) is 2. The highest BCUT2D eigenvalue weighted by Crippen LogP contribution is 2.28. The molecular formula is C19H28BrN3OS. The normalized spacial score (nSPS) is 11.4. The van der Waals surface area contributed by atoms with Crippen LogP contribution in [-0.4, -0.2) is 35.4 Å². The Bertz CT molecular complexity index is 664. The lowest BCUT2D eigenvalue weighted by Gasteiger charge is -2.21. The van der Waals surface area contributed by atoms with Crippen LogP contribution in [0.2, 0.25) is 0 Å². The average molecular weight is 426 g/mol. The molecular weight excluding hydrogens is 398 g/mol. The van der Waals surface area contributed by atoms with E-state index >= 15 is 0 Å². The number of amides is 1. The third-order valence-electron chi connectivity index (χ3n) is 4.12. The van der Waals surface area contributed by atoms with Gasteiger partial charge in [0.15, 0.2) is 5.13 Å². The second-order valence-corrected chi connectivity index (χ2v) is 8.32. The molecule has 0 spiro atoms. The molecule has 0 fully saturated rings. The number of fused-ring (bicyclic) bond motifs is 1. The minimum absolute atomic E-state index is 0.0334. The summed E-state index contributed by atoms with van der Waals surface area (Å²) in [5.41, 5.74) is 0.922. The van der Waals surface area contributed by atoms with Crippen molar-refractivity contribution in [2.24, 2.45) is 0 Å². The second kappa shape index (κ2) is 10.9. The Labute approximate surface area is 163 Å². The van der Waals surface area contributed by atoms with E-state index in [-0.39, 0.29) is 5.91 Å². The molecule has 2 aromatic rings. The number of unbranched alkanes of at least 4 members (excludes halogenated alkanes) is 4. The van der Waals surface area contributed by atoms with E-state index in [0.717, 1.165) is 40.6 Å². The lowest BCUT2D eigenvalue weighted by atomic mass is 10.2. The van der Waals surface area contributed by atoms with Crippen LogP contribution in [0.15, 0.2) is 22.7 Å². The van der Waals surface area contributed by atoms with Crippen molar-refractivity contribution < 1.29 is 4.79 Å². The van der Waals surface area contributed by atoms with E-state index in [2.05, 4.69) is 45.0 Å². The topological polar surface area (TPSA) is 45.2 Å². The van der Waals surface area contributed by atoms with Gasteiger partial charge in [-0.15, -0.1) is 0 Å². The Morgan fingerprint density at radius 1 is 1.16 bits per heavy atom. The predicted molar refractivity (Wildman–Crippen MR) is 111 cm³/mol. The first kappa shape index (κ1) is 20.3. The minimum Gasteiger partial charge on any atom is -0.301 e. The molecule has 1 heterocycles. The van der Waals surface area contributed by atoms with E-state index in [0.29, 0.717) is 11.7 Å². The third kappa shape index (κ3) is 7.04. The third-order valence-corrected chi connectivity index (χ3v) is 5.55. The second-order valence-electron chi connectivity index (χ2n) is 6.37. The number of thiazole rings is 1. The van der Waals surface area contributed by atoms with Crippen LogP contribution in [0.4, 0.5) is 5.13 Å². The number of carbonyl (C=O) groups is 1. The van der Waals surface area contributed by atoms with E-state index in [4.69, 9.17) is 0 Å². The van der Waals surface area contributed by atoms with Gasteiger partial charge in [-0.25, -0.2) is 4.98 Å². The standard InChI is InChI=1S/C19H28BrN3OS/c1-3-5-7-11-23(12-8-6-4-2)14-18(24)22-19-21-16-10-9-15(20)13-17(16)25-19/h9-10,13H,3-8,11-12,14H2,1-2H3,(H,21,22,24). The van der Waals surface area contributed by atoms with Crippen molar-refractivity contribution in [1.82, 2.24) is 9.88 Å². The van der Waals surface area contributed by atoms with Crippen LogP contribution in [0.5, 0.6) is 0 Å². The van der Waals surface area contributed by atoms with Gasteiger partial charge in [-0.05, 0) is 44.1 Å². The van der Waals surface area contributed by atoms with Gasteiger partial charge in [0.25, 0.3) is 0 Å². The van der Waals surface area contributed by atoms with Gasteiger partial charge in [-0.2, -0.15) is 0 Å². The number of aromatic nitrogens is 1. The van der Waals surface area contributed by atoms with Crippen LogP contribution < -0.4 is 5.32 Å². The fraction of sp³-hybridized carbons (Fsp3) is 0.579. The molecule has 1 N–H and O–H groups in total. The molecule has 138 valence electrons. The monoisotopic (exact) mass is 425 g/mol. The summed E-state index contributed by atoms with van der Waals surface area (Å²) in [5, 5.41) is 3.65. The molecule has 2 rings (SSSR count). The Hall–Kier alpha value is -0.980. The first-order valence-electron chi connectivity index (χ1n) is 9.20. The number of nitrogens with one attached hydrogen (secondary N) is 1. The molecule has 1 amide bonds. The lowest BCUT2D eigenvalue weighted by Crippen LogP contribution is -2.34. The van der Waals surface area contributed by atoms with Crippen molar-refractivity contribution in [3.8, 4) is 0 Å². The molecule has 1 aromatic heterocycles. The summed E-state index contributed by atoms with van der Waals surface area (Å²) in [6, 6.07) is 5.97. The molecule has 0 saturated heterocycles. The number of anilines is 1. The van der Waals surface area contributed by atoms with Crippen molar-refractivity contribution in [2.75, 3.05) is 25.0 Å². The zero-order valence-electron chi connectivity index (χ0n) is 15.2. The molecule has 0 aliphatic carbocycles. The highest BCUT2D eigenvalue weighted by Gasteiger charge is 2.13. The molecule has 0 unspecified atom stereocenters. The maximum absolute atomic E-state index is 12.4. The number of rotatable bonds is 11. The van der Waals surface area contributed by atoms with Crippen molar-refractivity contribution >= 4 is 48.5 Å². The van der Waals surface area contributed by atoms with Crippen LogP contribution in [-0.2, 0) is 4.79 Å². The first-order valence-corrected chi connectivity index (χ1v) is 10.8. The molecule has 0 aliphatic heterocycles. The maximum Gasteiger partial charge on any atom is 0.240 e. The summed E-state index contributed by atoms with van der Waals surface area (Å²) in [6.07, 6.45) is 7.17. The van der Waals surface area contributed by atoms with Gasteiger partial charge in [0.05, 0.1) is 16.8 Å².